The molecular formula is C27H26N4O3S. The number of thioether (sulfide) groups is 1. The smallest absolute Gasteiger partial charge is 0.237 e. The molecule has 0 saturated heterocycles. The second-order valence-electron chi connectivity index (χ2n) is 8.27. The number of ether oxygens (including phenoxy) is 2. The van der Waals surface area contributed by atoms with Crippen LogP contribution >= 0.6 is 11.8 Å². The Morgan fingerprint density at radius 1 is 0.971 bits per heavy atom. The quantitative estimate of drug-likeness (QED) is 0.342. The number of fused-ring (bicyclic) bond motifs is 1. The number of anilines is 1. The van der Waals surface area contributed by atoms with Gasteiger partial charge in [0, 0.05) is 11.7 Å². The number of carbonyl (C=O) groups excluding carboxylic acids is 1. The molecule has 2 heterocycles. The monoisotopic (exact) mass is 486 g/mol. The van der Waals surface area contributed by atoms with Gasteiger partial charge in [0.15, 0.2) is 11.0 Å². The fourth-order valence-electron chi connectivity index (χ4n) is 4.47. The highest BCUT2D eigenvalue weighted by Gasteiger charge is 2.31. The largest absolute Gasteiger partial charge is 0.497 e. The highest BCUT2D eigenvalue weighted by atomic mass is 32.2. The van der Waals surface area contributed by atoms with E-state index in [0.717, 1.165) is 29.1 Å². The molecule has 0 bridgehead atoms. The lowest BCUT2D eigenvalue weighted by atomic mass is 10.1. The molecule has 7 nitrogen and oxygen atoms in total. The summed E-state index contributed by atoms with van der Waals surface area (Å²) in [6.45, 7) is 2.09. The molecule has 0 unspecified atom stereocenters. The number of benzene rings is 3. The summed E-state index contributed by atoms with van der Waals surface area (Å²) in [5, 5.41) is 9.59. The standard InChI is InChI=1S/C27H26N4O3S/c1-18-16-19-8-4-6-10-23(19)30(18)25(32)17-35-27-29-28-26(22-9-5-7-11-24(22)34-3)31(27)20-12-14-21(33-2)15-13-20/h4-15,18H,16-17H2,1-3H3/t18-/m0/s1. The van der Waals surface area contributed by atoms with Crippen LogP contribution in [0.15, 0.2) is 78.0 Å². The second kappa shape index (κ2) is 9.84. The summed E-state index contributed by atoms with van der Waals surface area (Å²) in [5.41, 5.74) is 3.89. The first-order valence-corrected chi connectivity index (χ1v) is 12.3. The van der Waals surface area contributed by atoms with Crippen LogP contribution in [-0.2, 0) is 11.2 Å². The van der Waals surface area contributed by atoms with E-state index in [0.29, 0.717) is 16.7 Å². The van der Waals surface area contributed by atoms with Gasteiger partial charge >= 0.3 is 0 Å². The number of carbonyl (C=O) groups is 1. The minimum Gasteiger partial charge on any atom is -0.497 e. The molecule has 8 heteroatoms. The third-order valence-corrected chi connectivity index (χ3v) is 7.03. The summed E-state index contributed by atoms with van der Waals surface area (Å²) in [5.74, 6) is 2.40. The maximum Gasteiger partial charge on any atom is 0.237 e. The summed E-state index contributed by atoms with van der Waals surface area (Å²) >= 11 is 1.38. The molecule has 1 aliphatic heterocycles. The van der Waals surface area contributed by atoms with Crippen molar-refractivity contribution in [1.29, 1.82) is 0 Å². The Kier molecular flexibility index (Phi) is 6.46. The average Bonchev–Trinajstić information content (AvgIpc) is 3.47. The van der Waals surface area contributed by atoms with Crippen LogP contribution in [0, 0.1) is 0 Å². The van der Waals surface area contributed by atoms with Gasteiger partial charge in [-0.25, -0.2) is 0 Å². The van der Waals surface area contributed by atoms with E-state index in [4.69, 9.17) is 9.47 Å². The summed E-state index contributed by atoms with van der Waals surface area (Å²) in [6.07, 6.45) is 0.868. The van der Waals surface area contributed by atoms with Crippen LogP contribution < -0.4 is 14.4 Å². The molecule has 0 aliphatic carbocycles. The number of para-hydroxylation sites is 2. The molecule has 1 atom stereocenters. The lowest BCUT2D eigenvalue weighted by molar-refractivity contribution is -0.116. The van der Waals surface area contributed by atoms with Crippen molar-refractivity contribution < 1.29 is 14.3 Å². The van der Waals surface area contributed by atoms with E-state index in [-0.39, 0.29) is 17.7 Å². The predicted octanol–water partition coefficient (Wildman–Crippen LogP) is 5.02. The van der Waals surface area contributed by atoms with E-state index in [1.54, 1.807) is 14.2 Å². The Morgan fingerprint density at radius 3 is 2.49 bits per heavy atom. The highest BCUT2D eigenvalue weighted by Crippen LogP contribution is 2.35. The maximum absolute atomic E-state index is 13.3. The van der Waals surface area contributed by atoms with E-state index in [2.05, 4.69) is 23.2 Å². The van der Waals surface area contributed by atoms with Crippen molar-refractivity contribution in [2.45, 2.75) is 24.5 Å². The van der Waals surface area contributed by atoms with Gasteiger partial charge in [-0.3, -0.25) is 9.36 Å². The van der Waals surface area contributed by atoms with Gasteiger partial charge in [-0.05, 0) is 61.4 Å². The molecule has 0 spiro atoms. The fourth-order valence-corrected chi connectivity index (χ4v) is 5.28. The molecule has 4 aromatic rings. The summed E-state index contributed by atoms with van der Waals surface area (Å²) in [4.78, 5) is 15.2. The van der Waals surface area contributed by atoms with E-state index in [1.165, 1.54) is 17.3 Å². The third-order valence-electron chi connectivity index (χ3n) is 6.11. The number of aromatic nitrogens is 3. The molecule has 178 valence electrons. The van der Waals surface area contributed by atoms with Crippen LogP contribution in [0.2, 0.25) is 0 Å². The Hall–Kier alpha value is -3.78. The van der Waals surface area contributed by atoms with Crippen molar-refractivity contribution >= 4 is 23.4 Å². The zero-order valence-electron chi connectivity index (χ0n) is 19.8. The van der Waals surface area contributed by atoms with E-state index in [9.17, 15) is 4.79 Å². The van der Waals surface area contributed by atoms with Crippen LogP contribution in [0.5, 0.6) is 11.5 Å². The Morgan fingerprint density at radius 2 is 1.71 bits per heavy atom. The first kappa shape index (κ1) is 23.0. The van der Waals surface area contributed by atoms with Gasteiger partial charge in [0.1, 0.15) is 11.5 Å². The number of hydrogen-bond donors (Lipinski definition) is 0. The number of hydrogen-bond acceptors (Lipinski definition) is 6. The Balaban J connectivity index is 1.48. The Labute approximate surface area is 208 Å². The van der Waals surface area contributed by atoms with Gasteiger partial charge in [-0.2, -0.15) is 0 Å². The topological polar surface area (TPSA) is 69.5 Å². The number of methoxy groups -OCH3 is 2. The zero-order chi connectivity index (χ0) is 24.4. The molecule has 0 fully saturated rings. The fraction of sp³-hybridized carbons (Fsp3) is 0.222. The third kappa shape index (κ3) is 4.37. The Bertz CT molecular complexity index is 1350. The zero-order valence-corrected chi connectivity index (χ0v) is 20.7. The minimum atomic E-state index is 0.0515. The summed E-state index contributed by atoms with van der Waals surface area (Å²) < 4.78 is 12.9. The van der Waals surface area contributed by atoms with Gasteiger partial charge in [0.25, 0.3) is 0 Å². The first-order valence-electron chi connectivity index (χ1n) is 11.4. The number of rotatable bonds is 7. The minimum absolute atomic E-state index is 0.0515. The molecular weight excluding hydrogens is 460 g/mol. The van der Waals surface area contributed by atoms with Crippen LogP contribution in [-0.4, -0.2) is 46.7 Å². The van der Waals surface area contributed by atoms with Gasteiger partial charge < -0.3 is 14.4 Å². The van der Waals surface area contributed by atoms with Gasteiger partial charge in [-0.15, -0.1) is 10.2 Å². The molecule has 0 N–H and O–H groups in total. The van der Waals surface area contributed by atoms with Crippen LogP contribution in [0.3, 0.4) is 0 Å². The first-order chi connectivity index (χ1) is 17.1. The summed E-state index contributed by atoms with van der Waals surface area (Å²) in [6, 6.07) is 23.6. The van der Waals surface area contributed by atoms with Crippen molar-refractivity contribution in [2.75, 3.05) is 24.9 Å². The predicted molar refractivity (Wildman–Crippen MR) is 138 cm³/mol. The molecule has 3 aromatic carbocycles. The van der Waals surface area contributed by atoms with Crippen molar-refractivity contribution in [3.63, 3.8) is 0 Å². The van der Waals surface area contributed by atoms with Crippen molar-refractivity contribution in [1.82, 2.24) is 14.8 Å². The maximum atomic E-state index is 13.3. The van der Waals surface area contributed by atoms with E-state index < -0.39 is 0 Å². The van der Waals surface area contributed by atoms with Crippen LogP contribution in [0.4, 0.5) is 5.69 Å². The molecule has 35 heavy (non-hydrogen) atoms. The van der Waals surface area contributed by atoms with Gasteiger partial charge in [0.2, 0.25) is 5.91 Å². The van der Waals surface area contributed by atoms with E-state index in [1.807, 2.05) is 76.2 Å². The lowest BCUT2D eigenvalue weighted by Crippen LogP contribution is -2.37. The molecule has 1 aliphatic rings. The molecule has 5 rings (SSSR count). The van der Waals surface area contributed by atoms with Crippen molar-refractivity contribution in [3.05, 3.63) is 78.4 Å². The van der Waals surface area contributed by atoms with Gasteiger partial charge in [0.05, 0.1) is 31.2 Å². The second-order valence-corrected chi connectivity index (χ2v) is 9.22. The lowest BCUT2D eigenvalue weighted by Gasteiger charge is -2.22. The highest BCUT2D eigenvalue weighted by molar-refractivity contribution is 7.99. The van der Waals surface area contributed by atoms with Crippen LogP contribution in [0.1, 0.15) is 12.5 Å². The summed E-state index contributed by atoms with van der Waals surface area (Å²) in [7, 11) is 3.27. The number of amides is 1. The number of nitrogens with zero attached hydrogens (tertiary/aromatic N) is 4. The normalized spacial score (nSPS) is 14.6. The van der Waals surface area contributed by atoms with Crippen LogP contribution in [0.25, 0.3) is 17.1 Å². The van der Waals surface area contributed by atoms with Gasteiger partial charge in [-0.1, -0.05) is 42.1 Å². The van der Waals surface area contributed by atoms with Crippen molar-refractivity contribution in [2.24, 2.45) is 0 Å². The molecule has 0 radical (unpaired) electrons. The van der Waals surface area contributed by atoms with Crippen molar-refractivity contribution in [3.8, 4) is 28.6 Å². The molecule has 1 aromatic heterocycles. The molecule has 0 saturated carbocycles. The molecule has 1 amide bonds. The SMILES string of the molecule is COc1ccc(-n2c(SCC(=O)N3c4ccccc4C[C@@H]3C)nnc2-c2ccccc2OC)cc1. The van der Waals surface area contributed by atoms with E-state index >= 15 is 0 Å². The average molecular weight is 487 g/mol.